The lowest BCUT2D eigenvalue weighted by Gasteiger charge is -2.23. The first-order valence-electron chi connectivity index (χ1n) is 8.32. The third-order valence-electron chi connectivity index (χ3n) is 3.95. The highest BCUT2D eigenvalue weighted by Gasteiger charge is 2.12. The van der Waals surface area contributed by atoms with E-state index in [0.29, 0.717) is 6.54 Å². The standard InChI is InChI=1S/C20H26N2O/c1-3-22(19-12-8-5-9-13-19)16-20(23)21-17(2)14-15-18-10-6-4-7-11-18/h4-13,17H,3,14-16H2,1-2H3,(H,21,23). The summed E-state index contributed by atoms with van der Waals surface area (Å²) in [6.45, 7) is 5.35. The van der Waals surface area contributed by atoms with Gasteiger partial charge in [0.15, 0.2) is 0 Å². The number of benzene rings is 2. The van der Waals surface area contributed by atoms with Gasteiger partial charge in [0.25, 0.3) is 0 Å². The van der Waals surface area contributed by atoms with Crippen molar-refractivity contribution in [2.75, 3.05) is 18.0 Å². The summed E-state index contributed by atoms with van der Waals surface area (Å²) >= 11 is 0. The van der Waals surface area contributed by atoms with Crippen molar-refractivity contribution in [3.05, 3.63) is 66.2 Å². The van der Waals surface area contributed by atoms with Gasteiger partial charge < -0.3 is 10.2 Å². The van der Waals surface area contributed by atoms with E-state index in [9.17, 15) is 4.79 Å². The first kappa shape index (κ1) is 17.1. The molecule has 2 aromatic rings. The van der Waals surface area contributed by atoms with Crippen LogP contribution in [0.1, 0.15) is 25.8 Å². The number of hydrogen-bond donors (Lipinski definition) is 1. The Morgan fingerprint density at radius 3 is 2.26 bits per heavy atom. The second-order valence-electron chi connectivity index (χ2n) is 5.84. The Morgan fingerprint density at radius 2 is 1.65 bits per heavy atom. The van der Waals surface area contributed by atoms with E-state index in [2.05, 4.69) is 48.3 Å². The molecule has 1 unspecified atom stereocenters. The molecule has 0 spiro atoms. The maximum atomic E-state index is 12.3. The van der Waals surface area contributed by atoms with Gasteiger partial charge in [0, 0.05) is 18.3 Å². The molecule has 1 N–H and O–H groups in total. The summed E-state index contributed by atoms with van der Waals surface area (Å²) in [6, 6.07) is 20.6. The molecule has 0 aliphatic heterocycles. The Kier molecular flexibility index (Phi) is 6.67. The van der Waals surface area contributed by atoms with Crippen LogP contribution < -0.4 is 10.2 Å². The molecule has 0 aliphatic rings. The minimum atomic E-state index is 0.0799. The second kappa shape index (κ2) is 8.99. The molecule has 3 nitrogen and oxygen atoms in total. The number of aryl methyl sites for hydroxylation is 1. The molecule has 122 valence electrons. The summed E-state index contributed by atoms with van der Waals surface area (Å²) in [5.41, 5.74) is 2.40. The predicted octanol–water partition coefficient (Wildman–Crippen LogP) is 3.65. The van der Waals surface area contributed by atoms with Crippen LogP contribution in [0.15, 0.2) is 60.7 Å². The molecule has 3 heteroatoms. The zero-order valence-corrected chi connectivity index (χ0v) is 14.0. The number of carbonyl (C=O) groups is 1. The first-order valence-corrected chi connectivity index (χ1v) is 8.32. The fraction of sp³-hybridized carbons (Fsp3) is 0.350. The third-order valence-corrected chi connectivity index (χ3v) is 3.95. The van der Waals surface area contributed by atoms with Crippen LogP contribution in [0.2, 0.25) is 0 Å². The van der Waals surface area contributed by atoms with Crippen LogP contribution in [0.25, 0.3) is 0 Å². The number of para-hydroxylation sites is 1. The van der Waals surface area contributed by atoms with Crippen molar-refractivity contribution in [1.82, 2.24) is 5.32 Å². The van der Waals surface area contributed by atoms with E-state index >= 15 is 0 Å². The second-order valence-corrected chi connectivity index (χ2v) is 5.84. The lowest BCUT2D eigenvalue weighted by molar-refractivity contribution is -0.120. The normalized spacial score (nSPS) is 11.7. The van der Waals surface area contributed by atoms with Crippen LogP contribution in [0.4, 0.5) is 5.69 Å². The fourth-order valence-corrected chi connectivity index (χ4v) is 2.62. The average Bonchev–Trinajstić information content (AvgIpc) is 2.59. The van der Waals surface area contributed by atoms with Gasteiger partial charge in [0.05, 0.1) is 6.54 Å². The number of anilines is 1. The van der Waals surface area contributed by atoms with E-state index in [1.807, 2.05) is 36.4 Å². The topological polar surface area (TPSA) is 32.3 Å². The van der Waals surface area contributed by atoms with Crippen molar-refractivity contribution in [3.8, 4) is 0 Å². The summed E-state index contributed by atoms with van der Waals surface area (Å²) in [5.74, 6) is 0.0799. The fourth-order valence-electron chi connectivity index (χ4n) is 2.62. The summed E-state index contributed by atoms with van der Waals surface area (Å²) in [6.07, 6.45) is 1.94. The lowest BCUT2D eigenvalue weighted by atomic mass is 10.1. The molecular weight excluding hydrogens is 284 g/mol. The summed E-state index contributed by atoms with van der Waals surface area (Å²) in [7, 11) is 0. The summed E-state index contributed by atoms with van der Waals surface area (Å²) < 4.78 is 0. The molecule has 0 heterocycles. The van der Waals surface area contributed by atoms with Gasteiger partial charge in [-0.25, -0.2) is 0 Å². The zero-order valence-electron chi connectivity index (χ0n) is 14.0. The smallest absolute Gasteiger partial charge is 0.239 e. The van der Waals surface area contributed by atoms with Crippen LogP contribution in [-0.2, 0) is 11.2 Å². The van der Waals surface area contributed by atoms with Gasteiger partial charge in [0.1, 0.15) is 0 Å². The van der Waals surface area contributed by atoms with Crippen LogP contribution in [0.5, 0.6) is 0 Å². The van der Waals surface area contributed by atoms with Gasteiger partial charge in [-0.2, -0.15) is 0 Å². The van der Waals surface area contributed by atoms with E-state index < -0.39 is 0 Å². The average molecular weight is 310 g/mol. The van der Waals surface area contributed by atoms with Crippen molar-refractivity contribution in [2.45, 2.75) is 32.7 Å². The van der Waals surface area contributed by atoms with Crippen molar-refractivity contribution < 1.29 is 4.79 Å². The molecule has 23 heavy (non-hydrogen) atoms. The molecule has 0 radical (unpaired) electrons. The third kappa shape index (κ3) is 5.78. The molecule has 0 saturated heterocycles. The molecule has 1 atom stereocenters. The van der Waals surface area contributed by atoms with Crippen molar-refractivity contribution in [3.63, 3.8) is 0 Å². The van der Waals surface area contributed by atoms with Crippen LogP contribution in [-0.4, -0.2) is 25.0 Å². The Balaban J connectivity index is 1.79. The van der Waals surface area contributed by atoms with E-state index in [-0.39, 0.29) is 11.9 Å². The van der Waals surface area contributed by atoms with Crippen molar-refractivity contribution in [1.29, 1.82) is 0 Å². The van der Waals surface area contributed by atoms with Gasteiger partial charge in [-0.3, -0.25) is 4.79 Å². The van der Waals surface area contributed by atoms with Crippen molar-refractivity contribution >= 4 is 11.6 Å². The molecule has 0 fully saturated rings. The Hall–Kier alpha value is -2.29. The van der Waals surface area contributed by atoms with Gasteiger partial charge in [0.2, 0.25) is 5.91 Å². The summed E-state index contributed by atoms with van der Waals surface area (Å²) in [5, 5.41) is 3.10. The van der Waals surface area contributed by atoms with E-state index in [1.165, 1.54) is 5.56 Å². The maximum Gasteiger partial charge on any atom is 0.239 e. The predicted molar refractivity (Wildman–Crippen MR) is 96.7 cm³/mol. The molecule has 0 aliphatic carbocycles. The monoisotopic (exact) mass is 310 g/mol. The number of nitrogens with zero attached hydrogens (tertiary/aromatic N) is 1. The molecule has 0 saturated carbocycles. The first-order chi connectivity index (χ1) is 11.2. The van der Waals surface area contributed by atoms with Gasteiger partial charge in [-0.05, 0) is 44.4 Å². The van der Waals surface area contributed by atoms with Crippen LogP contribution >= 0.6 is 0 Å². The molecule has 2 aromatic carbocycles. The molecule has 0 aromatic heterocycles. The Bertz CT molecular complexity index is 583. The number of likely N-dealkylation sites (N-methyl/N-ethyl adjacent to an activating group) is 1. The highest BCUT2D eigenvalue weighted by atomic mass is 16.2. The number of nitrogens with one attached hydrogen (secondary N) is 1. The Morgan fingerprint density at radius 1 is 1.04 bits per heavy atom. The minimum absolute atomic E-state index is 0.0799. The van der Waals surface area contributed by atoms with Crippen LogP contribution in [0, 0.1) is 0 Å². The molecule has 2 rings (SSSR count). The number of amides is 1. The lowest BCUT2D eigenvalue weighted by Crippen LogP contribution is -2.41. The van der Waals surface area contributed by atoms with E-state index in [0.717, 1.165) is 25.1 Å². The molecular formula is C20H26N2O. The SMILES string of the molecule is CCN(CC(=O)NC(C)CCc1ccccc1)c1ccccc1. The highest BCUT2D eigenvalue weighted by Crippen LogP contribution is 2.12. The minimum Gasteiger partial charge on any atom is -0.363 e. The Labute approximate surface area is 139 Å². The number of carbonyl (C=O) groups excluding carboxylic acids is 1. The highest BCUT2D eigenvalue weighted by molar-refractivity contribution is 5.81. The van der Waals surface area contributed by atoms with Crippen LogP contribution in [0.3, 0.4) is 0 Å². The number of hydrogen-bond acceptors (Lipinski definition) is 2. The van der Waals surface area contributed by atoms with Gasteiger partial charge in [-0.15, -0.1) is 0 Å². The number of rotatable bonds is 8. The van der Waals surface area contributed by atoms with Gasteiger partial charge >= 0.3 is 0 Å². The maximum absolute atomic E-state index is 12.3. The van der Waals surface area contributed by atoms with E-state index in [4.69, 9.17) is 0 Å². The van der Waals surface area contributed by atoms with Crippen molar-refractivity contribution in [2.24, 2.45) is 0 Å². The largest absolute Gasteiger partial charge is 0.363 e. The zero-order chi connectivity index (χ0) is 16.5. The molecule has 1 amide bonds. The van der Waals surface area contributed by atoms with E-state index in [1.54, 1.807) is 0 Å². The molecule has 0 bridgehead atoms. The van der Waals surface area contributed by atoms with Gasteiger partial charge in [-0.1, -0.05) is 48.5 Å². The quantitative estimate of drug-likeness (QED) is 0.807. The summed E-state index contributed by atoms with van der Waals surface area (Å²) in [4.78, 5) is 14.3.